The molecule has 1 aromatic carbocycles. The van der Waals surface area contributed by atoms with Crippen molar-refractivity contribution in [1.82, 2.24) is 4.90 Å². The first-order valence-corrected chi connectivity index (χ1v) is 16.8. The molecule has 0 aromatic heterocycles. The van der Waals surface area contributed by atoms with Crippen LogP contribution in [0.1, 0.15) is 59.8 Å². The number of carbonyl (C=O) groups excluding carboxylic acids is 3. The third kappa shape index (κ3) is 5.95. The van der Waals surface area contributed by atoms with Crippen LogP contribution in [-0.4, -0.2) is 78.5 Å². The van der Waals surface area contributed by atoms with E-state index in [2.05, 4.69) is 37.6 Å². The Balaban J connectivity index is 1.33. The zero-order valence-corrected chi connectivity index (χ0v) is 26.9. The number of ether oxygens (including phenoxy) is 2. The summed E-state index contributed by atoms with van der Waals surface area (Å²) in [4.78, 5) is 42.8. The Labute approximate surface area is 260 Å². The van der Waals surface area contributed by atoms with Crippen LogP contribution in [0, 0.1) is 34.0 Å². The van der Waals surface area contributed by atoms with E-state index < -0.39 is 23.0 Å². The lowest BCUT2D eigenvalue weighted by molar-refractivity contribution is -0.205. The zero-order valence-electron chi connectivity index (χ0n) is 26.1. The monoisotopic (exact) mass is 612 g/mol. The van der Waals surface area contributed by atoms with E-state index in [9.17, 15) is 19.5 Å². The standard InChI is InChI=1S/C34H48N2O6S/c1-6-32(4)19-27(33(5)22(2)11-13-34(23(3)31(32)40)14-12-25(37)30(33)34)42-29(39)21-43-26-10-8-7-9-24(26)35-28(38)20-36-15-17-41-18-16-36/h6-10,22-23,27,30-31,40H,1,11-21H2,2-5H3,(H,35,38)/t22-,23+,27-,30+,31+,32-,33+,34+/m1/s1. The fourth-order valence-electron chi connectivity index (χ4n) is 8.68. The van der Waals surface area contributed by atoms with Crippen molar-refractivity contribution in [1.29, 1.82) is 0 Å². The first-order chi connectivity index (χ1) is 20.4. The van der Waals surface area contributed by atoms with Crippen molar-refractivity contribution in [2.24, 2.45) is 34.0 Å². The van der Waals surface area contributed by atoms with Crippen molar-refractivity contribution in [2.75, 3.05) is 43.9 Å². The van der Waals surface area contributed by atoms with Crippen LogP contribution in [0.3, 0.4) is 0 Å². The number of benzene rings is 1. The van der Waals surface area contributed by atoms with Crippen LogP contribution in [0.25, 0.3) is 0 Å². The molecule has 8 atom stereocenters. The lowest BCUT2D eigenvalue weighted by Gasteiger charge is -2.61. The second kappa shape index (κ2) is 12.7. The molecule has 4 aliphatic rings. The highest BCUT2D eigenvalue weighted by Gasteiger charge is 2.68. The minimum atomic E-state index is -0.695. The zero-order chi connectivity index (χ0) is 31.0. The quantitative estimate of drug-likeness (QED) is 0.241. The largest absolute Gasteiger partial charge is 0.461 e. The van der Waals surface area contributed by atoms with E-state index in [0.29, 0.717) is 31.7 Å². The minimum Gasteiger partial charge on any atom is -0.461 e. The van der Waals surface area contributed by atoms with E-state index >= 15 is 0 Å². The number of aliphatic hydroxyl groups is 1. The summed E-state index contributed by atoms with van der Waals surface area (Å²) in [6.45, 7) is 15.5. The third-order valence-corrected chi connectivity index (χ3v) is 12.6. The van der Waals surface area contributed by atoms with E-state index in [-0.39, 0.29) is 53.1 Å². The van der Waals surface area contributed by atoms with Gasteiger partial charge in [0.05, 0.1) is 37.3 Å². The Hall–Kier alpha value is -2.20. The number of hydrogen-bond acceptors (Lipinski definition) is 8. The van der Waals surface area contributed by atoms with Gasteiger partial charge in [-0.25, -0.2) is 0 Å². The molecule has 0 spiro atoms. The number of nitrogens with one attached hydrogen (secondary N) is 1. The number of Topliss-reactive ketones (excluding diaryl/α,β-unsaturated/α-hetero) is 1. The van der Waals surface area contributed by atoms with Crippen molar-refractivity contribution in [2.45, 2.75) is 76.9 Å². The van der Waals surface area contributed by atoms with E-state index in [1.165, 1.54) is 11.8 Å². The molecule has 4 fully saturated rings. The fraction of sp³-hybridized carbons (Fsp3) is 0.676. The highest BCUT2D eigenvalue weighted by Crippen LogP contribution is 2.68. The summed E-state index contributed by atoms with van der Waals surface area (Å²) in [5.74, 6) is -0.312. The van der Waals surface area contributed by atoms with Gasteiger partial charge in [0.15, 0.2) is 0 Å². The summed E-state index contributed by atoms with van der Waals surface area (Å²) < 4.78 is 11.8. The van der Waals surface area contributed by atoms with Gasteiger partial charge < -0.3 is 19.9 Å². The summed E-state index contributed by atoms with van der Waals surface area (Å²) in [6.07, 6.45) is 4.10. The third-order valence-electron chi connectivity index (χ3n) is 11.6. The fourth-order valence-corrected chi connectivity index (χ4v) is 9.47. The van der Waals surface area contributed by atoms with Gasteiger partial charge >= 0.3 is 5.97 Å². The Kier molecular flexibility index (Phi) is 9.48. The van der Waals surface area contributed by atoms with Crippen LogP contribution < -0.4 is 5.32 Å². The predicted octanol–water partition coefficient (Wildman–Crippen LogP) is 4.96. The molecule has 3 saturated carbocycles. The van der Waals surface area contributed by atoms with Crippen LogP contribution in [0.4, 0.5) is 5.69 Å². The SMILES string of the molecule is C=C[C@]1(C)C[C@@H](OC(=O)CSc2ccccc2NC(=O)CN2CCOCC2)[C@]2(C)[C@H](C)CC[C@]3(CCC(=O)[C@H]32)[C@@H](C)[C@@H]1O. The molecule has 1 heterocycles. The number of esters is 1. The highest BCUT2D eigenvalue weighted by atomic mass is 32.2. The molecular weight excluding hydrogens is 564 g/mol. The molecule has 8 nitrogen and oxygen atoms in total. The first-order valence-electron chi connectivity index (χ1n) is 15.8. The molecule has 2 bridgehead atoms. The molecule has 5 rings (SSSR count). The molecule has 1 amide bonds. The van der Waals surface area contributed by atoms with Crippen LogP contribution in [-0.2, 0) is 23.9 Å². The summed E-state index contributed by atoms with van der Waals surface area (Å²) in [6, 6.07) is 7.47. The number of rotatable bonds is 8. The second-order valence-electron chi connectivity index (χ2n) is 13.8. The summed E-state index contributed by atoms with van der Waals surface area (Å²) in [5.41, 5.74) is -0.859. The van der Waals surface area contributed by atoms with Crippen molar-refractivity contribution in [3.8, 4) is 0 Å². The maximum Gasteiger partial charge on any atom is 0.316 e. The molecule has 1 saturated heterocycles. The van der Waals surface area contributed by atoms with E-state index in [0.717, 1.165) is 37.2 Å². The number of aliphatic hydroxyl groups excluding tert-OH is 1. The molecule has 1 aromatic rings. The van der Waals surface area contributed by atoms with Crippen molar-refractivity contribution < 1.29 is 29.0 Å². The van der Waals surface area contributed by atoms with Gasteiger partial charge in [0.1, 0.15) is 11.9 Å². The number of ketones is 1. The number of hydrogen-bond donors (Lipinski definition) is 2. The van der Waals surface area contributed by atoms with Gasteiger partial charge in [-0.3, -0.25) is 19.3 Å². The molecule has 2 N–H and O–H groups in total. The van der Waals surface area contributed by atoms with Gasteiger partial charge in [-0.15, -0.1) is 18.3 Å². The van der Waals surface area contributed by atoms with Gasteiger partial charge in [-0.1, -0.05) is 45.9 Å². The minimum absolute atomic E-state index is 0.0603. The van der Waals surface area contributed by atoms with Crippen LogP contribution in [0.2, 0.25) is 0 Å². The van der Waals surface area contributed by atoms with Gasteiger partial charge in [0.2, 0.25) is 5.91 Å². The summed E-state index contributed by atoms with van der Waals surface area (Å²) in [5, 5.41) is 14.7. The van der Waals surface area contributed by atoms with E-state index in [1.54, 1.807) is 0 Å². The molecular formula is C34H48N2O6S. The van der Waals surface area contributed by atoms with Crippen molar-refractivity contribution in [3.63, 3.8) is 0 Å². The number of para-hydroxylation sites is 1. The van der Waals surface area contributed by atoms with Gasteiger partial charge in [-0.05, 0) is 55.1 Å². The number of thioether (sulfide) groups is 1. The van der Waals surface area contributed by atoms with Gasteiger partial charge in [-0.2, -0.15) is 0 Å². The molecule has 9 heteroatoms. The van der Waals surface area contributed by atoms with Crippen LogP contribution >= 0.6 is 11.8 Å². The lowest BCUT2D eigenvalue weighted by Crippen LogP contribution is -2.63. The normalized spacial score (nSPS) is 38.0. The molecule has 43 heavy (non-hydrogen) atoms. The molecule has 0 radical (unpaired) electrons. The number of morpholine rings is 1. The first kappa shape index (κ1) is 32.2. The molecule has 1 aliphatic heterocycles. The highest BCUT2D eigenvalue weighted by molar-refractivity contribution is 8.00. The molecule has 236 valence electrons. The van der Waals surface area contributed by atoms with Crippen LogP contribution in [0.5, 0.6) is 0 Å². The van der Waals surface area contributed by atoms with Crippen molar-refractivity contribution in [3.05, 3.63) is 36.9 Å². The van der Waals surface area contributed by atoms with E-state index in [4.69, 9.17) is 9.47 Å². The summed E-state index contributed by atoms with van der Waals surface area (Å²) in [7, 11) is 0. The average Bonchev–Trinajstić information content (AvgIpc) is 3.35. The summed E-state index contributed by atoms with van der Waals surface area (Å²) >= 11 is 1.33. The molecule has 0 unspecified atom stereocenters. The van der Waals surface area contributed by atoms with Crippen molar-refractivity contribution >= 4 is 35.1 Å². The molecule has 3 aliphatic carbocycles. The number of carbonyl (C=O) groups is 3. The Morgan fingerprint density at radius 1 is 1.21 bits per heavy atom. The number of amides is 1. The predicted molar refractivity (Wildman–Crippen MR) is 168 cm³/mol. The van der Waals surface area contributed by atoms with Gasteiger partial charge in [0, 0.05) is 41.2 Å². The van der Waals surface area contributed by atoms with E-state index in [1.807, 2.05) is 37.3 Å². The topological polar surface area (TPSA) is 105 Å². The number of anilines is 1. The van der Waals surface area contributed by atoms with Gasteiger partial charge in [0.25, 0.3) is 0 Å². The average molecular weight is 613 g/mol. The maximum atomic E-state index is 13.6. The Morgan fingerprint density at radius 2 is 1.93 bits per heavy atom. The number of nitrogens with zero attached hydrogens (tertiary/aromatic N) is 1. The Bertz CT molecular complexity index is 1230. The smallest absolute Gasteiger partial charge is 0.316 e. The maximum absolute atomic E-state index is 13.6. The van der Waals surface area contributed by atoms with Crippen LogP contribution in [0.15, 0.2) is 41.8 Å². The second-order valence-corrected chi connectivity index (χ2v) is 14.8. The lowest BCUT2D eigenvalue weighted by atomic mass is 9.44. The Morgan fingerprint density at radius 3 is 2.65 bits per heavy atom.